The topological polar surface area (TPSA) is 58.6 Å². The van der Waals surface area contributed by atoms with E-state index in [0.29, 0.717) is 11.3 Å². The summed E-state index contributed by atoms with van der Waals surface area (Å²) < 4.78 is 19.7. The molecule has 1 N–H and O–H groups in total. The first-order valence-corrected chi connectivity index (χ1v) is 7.99. The molecule has 0 aliphatic carbocycles. The van der Waals surface area contributed by atoms with Crippen LogP contribution in [0.2, 0.25) is 0 Å². The Kier molecular flexibility index (Phi) is 4.78. The van der Waals surface area contributed by atoms with Crippen LogP contribution in [0.5, 0.6) is 5.75 Å². The maximum atomic E-state index is 12.8. The Morgan fingerprint density at radius 2 is 1.52 bits per heavy atom. The monoisotopic (exact) mass is 304 g/mol. The molecule has 21 heavy (non-hydrogen) atoms. The third-order valence-corrected chi connectivity index (χ3v) is 4.77. The van der Waals surface area contributed by atoms with E-state index in [9.17, 15) is 9.36 Å². The van der Waals surface area contributed by atoms with Gasteiger partial charge in [-0.1, -0.05) is 36.4 Å². The van der Waals surface area contributed by atoms with E-state index in [1.807, 2.05) is 12.1 Å². The fraction of sp³-hybridized carbons (Fsp3) is 0.133. The molecule has 0 saturated carbocycles. The van der Waals surface area contributed by atoms with E-state index in [1.165, 1.54) is 4.67 Å². The lowest BCUT2D eigenvalue weighted by molar-refractivity contribution is 0.0974. The molecule has 0 bridgehead atoms. The number of rotatable bonds is 5. The molecule has 1 atom stereocenters. The minimum absolute atomic E-state index is 0.427. The van der Waals surface area contributed by atoms with Gasteiger partial charge in [0.2, 0.25) is 0 Å². The van der Waals surface area contributed by atoms with Gasteiger partial charge in [-0.05, 0) is 38.4 Å². The van der Waals surface area contributed by atoms with Gasteiger partial charge < -0.3 is 4.52 Å². The molecule has 0 heterocycles. The molecule has 0 aliphatic heterocycles. The van der Waals surface area contributed by atoms with Gasteiger partial charge in [-0.3, -0.25) is 9.88 Å². The normalized spacial score (nSPS) is 13.5. The molecule has 2 rings (SSSR count). The Bertz CT molecular complexity index is 644. The minimum Gasteiger partial charge on any atom is -0.418 e. The van der Waals surface area contributed by atoms with Gasteiger partial charge in [0.1, 0.15) is 5.75 Å². The van der Waals surface area contributed by atoms with Gasteiger partial charge >= 0.3 is 7.67 Å². The van der Waals surface area contributed by atoms with E-state index >= 15 is 0 Å². The molecule has 2 aromatic rings. The first-order chi connectivity index (χ1) is 10.0. The number of hydrogen-bond acceptors (Lipinski definition) is 3. The van der Waals surface area contributed by atoms with Crippen LogP contribution in [-0.4, -0.2) is 24.7 Å². The smallest absolute Gasteiger partial charge is 0.418 e. The number of para-hydroxylation sites is 1. The van der Waals surface area contributed by atoms with E-state index in [0.717, 1.165) is 0 Å². The van der Waals surface area contributed by atoms with Gasteiger partial charge in [0, 0.05) is 5.56 Å². The Morgan fingerprint density at radius 3 is 2.05 bits per heavy atom. The van der Waals surface area contributed by atoms with Crippen molar-refractivity contribution >= 4 is 13.6 Å². The van der Waals surface area contributed by atoms with Crippen molar-refractivity contribution in [3.63, 3.8) is 0 Å². The molecule has 5 nitrogen and oxygen atoms in total. The SMILES string of the molecule is CN(C)P(=O)(NC(=O)c1ccccc1)Oc1ccccc1. The van der Waals surface area contributed by atoms with Crippen LogP contribution in [0, 0.1) is 0 Å². The van der Waals surface area contributed by atoms with Crippen molar-refractivity contribution in [1.82, 2.24) is 9.76 Å². The zero-order valence-electron chi connectivity index (χ0n) is 11.9. The number of benzene rings is 2. The highest BCUT2D eigenvalue weighted by atomic mass is 31.2. The molecule has 1 unspecified atom stereocenters. The Hall–Kier alpha value is -2.10. The van der Waals surface area contributed by atoms with Gasteiger partial charge in [0.15, 0.2) is 0 Å². The van der Waals surface area contributed by atoms with Crippen LogP contribution in [-0.2, 0) is 4.57 Å². The van der Waals surface area contributed by atoms with Crippen molar-refractivity contribution in [2.45, 2.75) is 0 Å². The Balaban J connectivity index is 2.19. The van der Waals surface area contributed by atoms with Gasteiger partial charge in [0.25, 0.3) is 5.91 Å². The molecule has 0 aliphatic rings. The van der Waals surface area contributed by atoms with Crippen molar-refractivity contribution in [1.29, 1.82) is 0 Å². The zero-order valence-corrected chi connectivity index (χ0v) is 12.8. The van der Waals surface area contributed by atoms with E-state index in [2.05, 4.69) is 5.09 Å². The number of nitrogens with one attached hydrogen (secondary N) is 1. The summed E-state index contributed by atoms with van der Waals surface area (Å²) in [5.74, 6) is -0.00791. The number of amides is 1. The summed E-state index contributed by atoms with van der Waals surface area (Å²) in [4.78, 5) is 12.2. The summed E-state index contributed by atoms with van der Waals surface area (Å²) in [5.41, 5.74) is 0.427. The van der Waals surface area contributed by atoms with Crippen LogP contribution in [0.3, 0.4) is 0 Å². The molecule has 2 aromatic carbocycles. The van der Waals surface area contributed by atoms with Crippen LogP contribution < -0.4 is 9.61 Å². The molecule has 6 heteroatoms. The molecule has 0 saturated heterocycles. The molecule has 110 valence electrons. The second kappa shape index (κ2) is 6.57. The van der Waals surface area contributed by atoms with E-state index < -0.39 is 13.6 Å². The van der Waals surface area contributed by atoms with Crippen LogP contribution in [0.15, 0.2) is 60.7 Å². The number of carbonyl (C=O) groups excluding carboxylic acids is 1. The first kappa shape index (κ1) is 15.3. The van der Waals surface area contributed by atoms with Crippen molar-refractivity contribution in [2.24, 2.45) is 0 Å². The highest BCUT2D eigenvalue weighted by Gasteiger charge is 2.31. The lowest BCUT2D eigenvalue weighted by Crippen LogP contribution is -2.30. The second-order valence-corrected chi connectivity index (χ2v) is 6.83. The fourth-order valence-corrected chi connectivity index (χ4v) is 2.81. The molecule has 0 radical (unpaired) electrons. The second-order valence-electron chi connectivity index (χ2n) is 4.58. The lowest BCUT2D eigenvalue weighted by Gasteiger charge is -2.25. The summed E-state index contributed by atoms with van der Waals surface area (Å²) in [5, 5.41) is 2.48. The molecule has 0 fully saturated rings. The van der Waals surface area contributed by atoms with Gasteiger partial charge in [-0.15, -0.1) is 0 Å². The molecule has 1 amide bonds. The Labute approximate surface area is 124 Å². The summed E-state index contributed by atoms with van der Waals surface area (Å²) in [6.45, 7) is 0. The molecule has 0 aromatic heterocycles. The number of carbonyl (C=O) groups is 1. The van der Waals surface area contributed by atoms with Crippen molar-refractivity contribution in [2.75, 3.05) is 14.1 Å². The minimum atomic E-state index is -3.50. The predicted molar refractivity (Wildman–Crippen MR) is 82.3 cm³/mol. The first-order valence-electron chi connectivity index (χ1n) is 6.41. The quantitative estimate of drug-likeness (QED) is 0.862. The fourth-order valence-electron chi connectivity index (χ4n) is 1.61. The third-order valence-electron chi connectivity index (χ3n) is 2.78. The maximum absolute atomic E-state index is 12.8. The standard InChI is InChI=1S/C15H17N2O3P/c1-17(2)21(19,20-14-11-7-4-8-12-14)16-15(18)13-9-5-3-6-10-13/h3-12H,1-2H3,(H,16,18,19). The summed E-state index contributed by atoms with van der Waals surface area (Å²) in [6.07, 6.45) is 0. The van der Waals surface area contributed by atoms with E-state index in [4.69, 9.17) is 4.52 Å². The molecular weight excluding hydrogens is 287 g/mol. The summed E-state index contributed by atoms with van der Waals surface area (Å²) >= 11 is 0. The highest BCUT2D eigenvalue weighted by molar-refractivity contribution is 7.55. The van der Waals surface area contributed by atoms with E-state index in [1.54, 1.807) is 62.6 Å². The van der Waals surface area contributed by atoms with Crippen molar-refractivity contribution in [3.05, 3.63) is 66.2 Å². The van der Waals surface area contributed by atoms with Crippen LogP contribution in [0.25, 0.3) is 0 Å². The van der Waals surface area contributed by atoms with E-state index in [-0.39, 0.29) is 0 Å². The predicted octanol–water partition coefficient (Wildman–Crippen LogP) is 3.17. The molecular formula is C15H17N2O3P. The van der Waals surface area contributed by atoms with Crippen molar-refractivity contribution < 1.29 is 13.9 Å². The average Bonchev–Trinajstić information content (AvgIpc) is 2.49. The van der Waals surface area contributed by atoms with Crippen molar-refractivity contribution in [3.8, 4) is 5.75 Å². The average molecular weight is 304 g/mol. The van der Waals surface area contributed by atoms with Gasteiger partial charge in [-0.2, -0.15) is 0 Å². The Morgan fingerprint density at radius 1 is 1.00 bits per heavy atom. The van der Waals surface area contributed by atoms with Crippen LogP contribution in [0.1, 0.15) is 10.4 Å². The zero-order chi connectivity index (χ0) is 15.3. The van der Waals surface area contributed by atoms with Gasteiger partial charge in [0.05, 0.1) is 0 Å². The van der Waals surface area contributed by atoms with Crippen LogP contribution >= 0.6 is 7.67 Å². The highest BCUT2D eigenvalue weighted by Crippen LogP contribution is 2.44. The third kappa shape index (κ3) is 3.94. The maximum Gasteiger partial charge on any atom is 0.421 e. The molecule has 0 spiro atoms. The lowest BCUT2D eigenvalue weighted by atomic mass is 10.2. The summed E-state index contributed by atoms with van der Waals surface area (Å²) in [7, 11) is -0.316. The number of nitrogens with zero attached hydrogens (tertiary/aromatic N) is 1. The van der Waals surface area contributed by atoms with Crippen LogP contribution in [0.4, 0.5) is 0 Å². The largest absolute Gasteiger partial charge is 0.421 e. The van der Waals surface area contributed by atoms with Gasteiger partial charge in [-0.25, -0.2) is 9.24 Å². The summed E-state index contributed by atoms with van der Waals surface area (Å²) in [6, 6.07) is 17.3. The number of hydrogen-bond donors (Lipinski definition) is 1.